The van der Waals surface area contributed by atoms with Crippen molar-refractivity contribution in [2.75, 3.05) is 44.6 Å². The van der Waals surface area contributed by atoms with Crippen molar-refractivity contribution >= 4 is 11.5 Å². The van der Waals surface area contributed by atoms with Gasteiger partial charge in [0.1, 0.15) is 0 Å². The Bertz CT molecular complexity index is 473. The van der Waals surface area contributed by atoms with Crippen molar-refractivity contribution in [1.82, 2.24) is 14.8 Å². The van der Waals surface area contributed by atoms with Gasteiger partial charge < -0.3 is 5.32 Å². The molecule has 7 heteroatoms. The van der Waals surface area contributed by atoms with Crippen molar-refractivity contribution in [3.05, 3.63) is 28.4 Å². The fourth-order valence-corrected chi connectivity index (χ4v) is 2.81. The number of hydrogen-bond donors (Lipinski definition) is 1. The highest BCUT2D eigenvalue weighted by Gasteiger charge is 2.31. The Morgan fingerprint density at radius 2 is 2.21 bits per heavy atom. The lowest BCUT2D eigenvalue weighted by Crippen LogP contribution is -2.62. The Labute approximate surface area is 111 Å². The van der Waals surface area contributed by atoms with Gasteiger partial charge in [0.05, 0.1) is 4.92 Å². The van der Waals surface area contributed by atoms with Crippen LogP contribution >= 0.6 is 0 Å². The highest BCUT2D eigenvalue weighted by Crippen LogP contribution is 2.21. The molecular weight excluding hydrogens is 246 g/mol. The van der Waals surface area contributed by atoms with E-state index >= 15 is 0 Å². The van der Waals surface area contributed by atoms with E-state index in [1.165, 1.54) is 6.07 Å². The van der Waals surface area contributed by atoms with Gasteiger partial charge in [-0.2, -0.15) is 0 Å². The zero-order valence-electron chi connectivity index (χ0n) is 10.7. The number of pyridine rings is 1. The van der Waals surface area contributed by atoms with Gasteiger partial charge in [-0.25, -0.2) is 4.98 Å². The van der Waals surface area contributed by atoms with Gasteiger partial charge in [0, 0.05) is 57.6 Å². The summed E-state index contributed by atoms with van der Waals surface area (Å²) >= 11 is 0. The lowest BCUT2D eigenvalue weighted by Gasteiger charge is -2.47. The van der Waals surface area contributed by atoms with E-state index in [2.05, 4.69) is 20.1 Å². The first-order chi connectivity index (χ1) is 9.24. The molecule has 0 aromatic carbocycles. The molecule has 0 spiro atoms. The number of nitrogens with zero attached hydrogens (tertiary/aromatic N) is 4. The largest absolute Gasteiger partial charge is 0.363 e. The first-order valence-corrected chi connectivity index (χ1v) is 6.54. The second-order valence-electron chi connectivity index (χ2n) is 5.00. The molecule has 7 nitrogen and oxygen atoms in total. The van der Waals surface area contributed by atoms with Crippen molar-refractivity contribution in [2.45, 2.75) is 6.04 Å². The molecule has 1 N–H and O–H groups in total. The molecule has 19 heavy (non-hydrogen) atoms. The van der Waals surface area contributed by atoms with Gasteiger partial charge >= 0.3 is 5.69 Å². The highest BCUT2D eigenvalue weighted by molar-refractivity contribution is 5.55. The number of hydrogen-bond acceptors (Lipinski definition) is 6. The minimum atomic E-state index is -0.397. The number of piperazine rings is 3. The van der Waals surface area contributed by atoms with Crippen LogP contribution in [0.15, 0.2) is 18.3 Å². The third-order valence-electron chi connectivity index (χ3n) is 3.88. The molecule has 3 aliphatic rings. The van der Waals surface area contributed by atoms with Gasteiger partial charge in [0.2, 0.25) is 5.82 Å². The van der Waals surface area contributed by atoms with Crippen molar-refractivity contribution in [3.8, 4) is 0 Å². The maximum absolute atomic E-state index is 10.9. The van der Waals surface area contributed by atoms with Crippen LogP contribution < -0.4 is 5.32 Å². The normalized spacial score (nSPS) is 29.2. The predicted octanol–water partition coefficient (Wildman–Crippen LogP) is 0.401. The van der Waals surface area contributed by atoms with Crippen LogP contribution in [0, 0.1) is 10.1 Å². The summed E-state index contributed by atoms with van der Waals surface area (Å²) in [5.41, 5.74) is 0.0405. The molecule has 0 aliphatic carbocycles. The Morgan fingerprint density at radius 1 is 1.42 bits per heavy atom. The Morgan fingerprint density at radius 3 is 2.84 bits per heavy atom. The number of rotatable bonds is 4. The summed E-state index contributed by atoms with van der Waals surface area (Å²) in [5.74, 6) is 0.366. The van der Waals surface area contributed by atoms with Crippen LogP contribution in [-0.4, -0.2) is 65.0 Å². The molecule has 0 saturated carbocycles. The molecular formula is C12H17N5O2. The van der Waals surface area contributed by atoms with E-state index in [0.29, 0.717) is 18.4 Å². The second kappa shape index (κ2) is 5.10. The third-order valence-corrected chi connectivity index (χ3v) is 3.88. The van der Waals surface area contributed by atoms with Crippen LogP contribution in [0.3, 0.4) is 0 Å². The van der Waals surface area contributed by atoms with Gasteiger partial charge in [-0.05, 0) is 6.07 Å². The number of aromatic nitrogens is 1. The zero-order chi connectivity index (χ0) is 13.2. The summed E-state index contributed by atoms with van der Waals surface area (Å²) < 4.78 is 0. The van der Waals surface area contributed by atoms with Crippen LogP contribution in [0.4, 0.5) is 11.5 Å². The van der Waals surface area contributed by atoms with Gasteiger partial charge in [-0.3, -0.25) is 19.9 Å². The maximum atomic E-state index is 10.9. The van der Waals surface area contributed by atoms with Crippen LogP contribution in [0.2, 0.25) is 0 Å². The molecule has 0 radical (unpaired) electrons. The molecule has 1 unspecified atom stereocenters. The van der Waals surface area contributed by atoms with Crippen LogP contribution in [0.1, 0.15) is 0 Å². The minimum absolute atomic E-state index is 0.0405. The van der Waals surface area contributed by atoms with Crippen LogP contribution in [-0.2, 0) is 0 Å². The molecule has 0 amide bonds. The van der Waals surface area contributed by atoms with Crippen LogP contribution in [0.5, 0.6) is 0 Å². The summed E-state index contributed by atoms with van der Waals surface area (Å²) in [5, 5.41) is 14.0. The van der Waals surface area contributed by atoms with E-state index in [1.807, 2.05) is 0 Å². The van der Waals surface area contributed by atoms with E-state index < -0.39 is 4.92 Å². The standard InChI is InChI=1S/C12H17N5O2/c18-17(19)11-2-1-3-13-12(11)14-8-10-9-15-4-6-16(10)7-5-15/h1-3,10H,4-9H2,(H,13,14). The van der Waals surface area contributed by atoms with Crippen molar-refractivity contribution in [3.63, 3.8) is 0 Å². The molecule has 1 aromatic heterocycles. The zero-order valence-corrected chi connectivity index (χ0v) is 10.7. The Kier molecular flexibility index (Phi) is 3.31. The van der Waals surface area contributed by atoms with Gasteiger partial charge in [0.25, 0.3) is 0 Å². The topological polar surface area (TPSA) is 74.5 Å². The Balaban J connectivity index is 1.65. The fourth-order valence-electron chi connectivity index (χ4n) is 2.81. The van der Waals surface area contributed by atoms with E-state index in [9.17, 15) is 10.1 Å². The lowest BCUT2D eigenvalue weighted by atomic mass is 10.1. The molecule has 3 saturated heterocycles. The van der Waals surface area contributed by atoms with E-state index in [1.54, 1.807) is 12.3 Å². The summed E-state index contributed by atoms with van der Waals surface area (Å²) in [6.45, 7) is 6.20. The molecule has 1 aromatic rings. The number of nitrogens with one attached hydrogen (secondary N) is 1. The summed E-state index contributed by atoms with van der Waals surface area (Å²) in [6, 6.07) is 3.48. The number of anilines is 1. The highest BCUT2D eigenvalue weighted by atomic mass is 16.6. The van der Waals surface area contributed by atoms with Crippen molar-refractivity contribution in [1.29, 1.82) is 0 Å². The average molecular weight is 263 g/mol. The monoisotopic (exact) mass is 263 g/mol. The summed E-state index contributed by atoms with van der Waals surface area (Å²) in [7, 11) is 0. The fraction of sp³-hybridized carbons (Fsp3) is 0.583. The van der Waals surface area contributed by atoms with Crippen molar-refractivity contribution < 1.29 is 4.92 Å². The van der Waals surface area contributed by atoms with E-state index in [-0.39, 0.29) is 5.69 Å². The van der Waals surface area contributed by atoms with Gasteiger partial charge in [0.15, 0.2) is 0 Å². The lowest BCUT2D eigenvalue weighted by molar-refractivity contribution is -0.384. The molecule has 3 fully saturated rings. The van der Waals surface area contributed by atoms with Gasteiger partial charge in [-0.1, -0.05) is 0 Å². The quantitative estimate of drug-likeness (QED) is 0.626. The van der Waals surface area contributed by atoms with Crippen molar-refractivity contribution in [2.24, 2.45) is 0 Å². The van der Waals surface area contributed by atoms with E-state index in [4.69, 9.17) is 0 Å². The molecule has 1 atom stereocenters. The van der Waals surface area contributed by atoms with Gasteiger partial charge in [-0.15, -0.1) is 0 Å². The van der Waals surface area contributed by atoms with E-state index in [0.717, 1.165) is 32.7 Å². The SMILES string of the molecule is O=[N+]([O-])c1cccnc1NCC1CN2CCN1CC2. The molecule has 2 bridgehead atoms. The first kappa shape index (κ1) is 12.3. The summed E-state index contributed by atoms with van der Waals surface area (Å²) in [6.07, 6.45) is 1.58. The third kappa shape index (κ3) is 2.52. The first-order valence-electron chi connectivity index (χ1n) is 6.54. The minimum Gasteiger partial charge on any atom is -0.363 e. The molecule has 102 valence electrons. The number of fused-ring (bicyclic) bond motifs is 3. The molecule has 4 rings (SSSR count). The predicted molar refractivity (Wildman–Crippen MR) is 71.2 cm³/mol. The molecule has 3 aliphatic heterocycles. The molecule has 4 heterocycles. The van der Waals surface area contributed by atoms with Crippen LogP contribution in [0.25, 0.3) is 0 Å². The average Bonchev–Trinajstić information content (AvgIpc) is 2.46. The second-order valence-corrected chi connectivity index (χ2v) is 5.00. The Hall–Kier alpha value is -1.73. The smallest absolute Gasteiger partial charge is 0.311 e. The maximum Gasteiger partial charge on any atom is 0.311 e. The summed E-state index contributed by atoms with van der Waals surface area (Å²) in [4.78, 5) is 19.5. The number of nitro groups is 1.